The van der Waals surface area contributed by atoms with Gasteiger partial charge >= 0.3 is 6.09 Å². The number of rotatable bonds is 5. The first kappa shape index (κ1) is 21.5. The predicted molar refractivity (Wildman–Crippen MR) is 130 cm³/mol. The lowest BCUT2D eigenvalue weighted by Gasteiger charge is -2.33. The molecule has 1 saturated heterocycles. The van der Waals surface area contributed by atoms with E-state index in [1.807, 2.05) is 59.7 Å². The third kappa shape index (κ3) is 4.29. The van der Waals surface area contributed by atoms with Crippen LogP contribution in [-0.4, -0.2) is 59.7 Å². The van der Waals surface area contributed by atoms with Crippen LogP contribution in [0.5, 0.6) is 0 Å². The van der Waals surface area contributed by atoms with Crippen molar-refractivity contribution in [3.8, 4) is 33.6 Å². The highest BCUT2D eigenvalue weighted by atomic mass is 16.6. The molecule has 1 aliphatic carbocycles. The summed E-state index contributed by atoms with van der Waals surface area (Å²) in [6.45, 7) is 1.19. The van der Waals surface area contributed by atoms with E-state index in [4.69, 9.17) is 4.74 Å². The third-order valence-electron chi connectivity index (χ3n) is 6.97. The lowest BCUT2D eigenvalue weighted by molar-refractivity contribution is 0.129. The maximum absolute atomic E-state index is 12.0. The molecule has 0 N–H and O–H groups in total. The molecule has 1 amide bonds. The van der Waals surface area contributed by atoms with Crippen LogP contribution in [-0.2, 0) is 11.8 Å². The molecule has 6 rings (SSSR count). The number of carbonyl (C=O) groups excluding carboxylic acids is 1. The largest absolute Gasteiger partial charge is 0.448 e. The maximum atomic E-state index is 12.0. The van der Waals surface area contributed by atoms with E-state index in [0.717, 1.165) is 53.5 Å². The van der Waals surface area contributed by atoms with E-state index >= 15 is 0 Å². The topological polar surface area (TPSA) is 91.0 Å². The van der Waals surface area contributed by atoms with Crippen molar-refractivity contribution in [1.29, 1.82) is 0 Å². The number of nitrogens with zero attached hydrogens (tertiary/aromatic N) is 7. The molecule has 35 heavy (non-hydrogen) atoms. The van der Waals surface area contributed by atoms with Gasteiger partial charge in [0, 0.05) is 60.1 Å². The summed E-state index contributed by atoms with van der Waals surface area (Å²) < 4.78 is 8.97. The highest BCUT2D eigenvalue weighted by Crippen LogP contribution is 2.33. The fourth-order valence-corrected chi connectivity index (χ4v) is 5.12. The van der Waals surface area contributed by atoms with Gasteiger partial charge in [-0.15, -0.1) is 0 Å². The van der Waals surface area contributed by atoms with Crippen LogP contribution in [0.15, 0.2) is 61.4 Å². The number of ether oxygens (including phenoxy) is 1. The highest BCUT2D eigenvalue weighted by molar-refractivity contribution is 5.70. The number of amides is 1. The summed E-state index contributed by atoms with van der Waals surface area (Å²) >= 11 is 0. The van der Waals surface area contributed by atoms with Gasteiger partial charge < -0.3 is 9.64 Å². The molecule has 2 atom stereocenters. The van der Waals surface area contributed by atoms with Gasteiger partial charge in [-0.1, -0.05) is 18.2 Å². The van der Waals surface area contributed by atoms with Gasteiger partial charge in [-0.05, 0) is 37.3 Å². The molecule has 0 spiro atoms. The number of carbonyl (C=O) groups is 1. The van der Waals surface area contributed by atoms with E-state index in [1.165, 1.54) is 0 Å². The van der Waals surface area contributed by atoms with Gasteiger partial charge in [0.15, 0.2) is 5.82 Å². The minimum atomic E-state index is -0.181. The molecular weight excluding hydrogens is 442 g/mol. The van der Waals surface area contributed by atoms with Crippen molar-refractivity contribution in [3.63, 3.8) is 0 Å². The Balaban J connectivity index is 1.17. The molecule has 0 bridgehead atoms. The minimum Gasteiger partial charge on any atom is -0.448 e. The second-order valence-corrected chi connectivity index (χ2v) is 9.27. The molecule has 9 heteroatoms. The van der Waals surface area contributed by atoms with Crippen LogP contribution in [0.4, 0.5) is 4.79 Å². The zero-order valence-electron chi connectivity index (χ0n) is 19.6. The Bertz CT molecular complexity index is 1340. The third-order valence-corrected chi connectivity index (χ3v) is 6.97. The van der Waals surface area contributed by atoms with E-state index in [2.05, 4.69) is 38.5 Å². The van der Waals surface area contributed by atoms with Crippen molar-refractivity contribution in [2.45, 2.75) is 37.8 Å². The van der Waals surface area contributed by atoms with Gasteiger partial charge in [-0.25, -0.2) is 14.8 Å². The van der Waals surface area contributed by atoms with Gasteiger partial charge in [-0.3, -0.25) is 9.36 Å². The van der Waals surface area contributed by atoms with E-state index in [-0.39, 0.29) is 18.2 Å². The van der Waals surface area contributed by atoms with Crippen molar-refractivity contribution < 1.29 is 9.53 Å². The standard InChI is InChI=1S/C26H27N7O2/c1-31-16-21(14-29-31)18-4-2-5-19(10-18)25-27-12-20(13-28-25)22-15-30-33(17-22)24-7-3-6-23(11-24)32-8-9-35-26(32)34/h2,4-5,10,12-17,23-24H,3,6-9,11H2,1H3/t23-,24+/m0/s1. The van der Waals surface area contributed by atoms with Gasteiger partial charge in [0.2, 0.25) is 0 Å². The van der Waals surface area contributed by atoms with Crippen molar-refractivity contribution in [1.82, 2.24) is 34.4 Å². The van der Waals surface area contributed by atoms with Crippen molar-refractivity contribution in [2.75, 3.05) is 13.2 Å². The Kier molecular flexibility index (Phi) is 5.52. The number of hydrogen-bond acceptors (Lipinski definition) is 6. The van der Waals surface area contributed by atoms with E-state index < -0.39 is 0 Å². The molecule has 1 aliphatic heterocycles. The Morgan fingerprint density at radius 3 is 2.43 bits per heavy atom. The fraction of sp³-hybridized carbons (Fsp3) is 0.346. The van der Waals surface area contributed by atoms with Gasteiger partial charge in [0.05, 0.1) is 25.0 Å². The summed E-state index contributed by atoms with van der Waals surface area (Å²) in [5, 5.41) is 8.90. The molecule has 4 heterocycles. The Morgan fingerprint density at radius 2 is 1.66 bits per heavy atom. The monoisotopic (exact) mass is 469 g/mol. The van der Waals surface area contributed by atoms with Gasteiger partial charge in [0.25, 0.3) is 0 Å². The van der Waals surface area contributed by atoms with E-state index in [1.54, 1.807) is 4.68 Å². The average molecular weight is 470 g/mol. The van der Waals surface area contributed by atoms with Gasteiger partial charge in [0.1, 0.15) is 6.61 Å². The lowest BCUT2D eigenvalue weighted by Crippen LogP contribution is -2.39. The molecule has 4 aromatic rings. The van der Waals surface area contributed by atoms with Crippen LogP contribution >= 0.6 is 0 Å². The summed E-state index contributed by atoms with van der Waals surface area (Å²) in [6.07, 6.45) is 15.4. The Labute approximate surface area is 203 Å². The molecule has 2 fully saturated rings. The van der Waals surface area contributed by atoms with Gasteiger partial charge in [-0.2, -0.15) is 10.2 Å². The van der Waals surface area contributed by atoms with Crippen LogP contribution in [0.3, 0.4) is 0 Å². The first-order chi connectivity index (χ1) is 17.1. The first-order valence-corrected chi connectivity index (χ1v) is 12.0. The van der Waals surface area contributed by atoms with Crippen LogP contribution in [0.1, 0.15) is 31.7 Å². The van der Waals surface area contributed by atoms with Crippen LogP contribution in [0.2, 0.25) is 0 Å². The zero-order chi connectivity index (χ0) is 23.8. The molecule has 1 saturated carbocycles. The highest BCUT2D eigenvalue weighted by Gasteiger charge is 2.34. The summed E-state index contributed by atoms with van der Waals surface area (Å²) in [4.78, 5) is 23.1. The quantitative estimate of drug-likeness (QED) is 0.432. The fourth-order valence-electron chi connectivity index (χ4n) is 5.12. The summed E-state index contributed by atoms with van der Waals surface area (Å²) in [5.41, 5.74) is 5.02. The molecule has 1 aromatic carbocycles. The second kappa shape index (κ2) is 8.98. The van der Waals surface area contributed by atoms with Crippen LogP contribution in [0.25, 0.3) is 33.6 Å². The number of benzene rings is 1. The van der Waals surface area contributed by atoms with E-state index in [0.29, 0.717) is 19.0 Å². The molecule has 3 aromatic heterocycles. The number of aromatic nitrogens is 6. The minimum absolute atomic E-state index is 0.181. The molecule has 0 unspecified atom stereocenters. The first-order valence-electron chi connectivity index (χ1n) is 12.0. The second-order valence-electron chi connectivity index (χ2n) is 9.27. The Morgan fingerprint density at radius 1 is 0.886 bits per heavy atom. The molecule has 0 radical (unpaired) electrons. The summed E-state index contributed by atoms with van der Waals surface area (Å²) in [5.74, 6) is 0.680. The Hall–Kier alpha value is -4.01. The summed E-state index contributed by atoms with van der Waals surface area (Å²) in [6, 6.07) is 8.67. The number of hydrogen-bond donors (Lipinski definition) is 0. The van der Waals surface area contributed by atoms with Crippen molar-refractivity contribution in [2.24, 2.45) is 7.05 Å². The maximum Gasteiger partial charge on any atom is 0.410 e. The summed E-state index contributed by atoms with van der Waals surface area (Å²) in [7, 11) is 1.91. The predicted octanol–water partition coefficient (Wildman–Crippen LogP) is 4.34. The van der Waals surface area contributed by atoms with Crippen LogP contribution in [0, 0.1) is 0 Å². The van der Waals surface area contributed by atoms with Crippen LogP contribution < -0.4 is 0 Å². The van der Waals surface area contributed by atoms with Crippen molar-refractivity contribution in [3.05, 3.63) is 61.4 Å². The molecular formula is C26H27N7O2. The molecule has 9 nitrogen and oxygen atoms in total. The SMILES string of the molecule is Cn1cc(-c2cccc(-c3ncc(-c4cnn([C@@H]5CCC[C@H](N6CCOC6=O)C5)c4)cn3)c2)cn1. The normalized spacial score (nSPS) is 20.3. The van der Waals surface area contributed by atoms with Crippen molar-refractivity contribution >= 4 is 6.09 Å². The number of aryl methyl sites for hydroxylation is 1. The number of cyclic esters (lactones) is 1. The lowest BCUT2D eigenvalue weighted by atomic mass is 9.90. The average Bonchev–Trinajstić information content (AvgIpc) is 3.66. The molecule has 2 aliphatic rings. The smallest absolute Gasteiger partial charge is 0.410 e. The zero-order valence-corrected chi connectivity index (χ0v) is 19.6. The molecule has 178 valence electrons. The van der Waals surface area contributed by atoms with E-state index in [9.17, 15) is 4.79 Å².